The molecular weight excluding hydrogens is 388 g/mol. The number of nitrogens with zero attached hydrogens (tertiary/aromatic N) is 2. The van der Waals surface area contributed by atoms with E-state index in [1.54, 1.807) is 18.2 Å². The first-order chi connectivity index (χ1) is 9.32. The number of halogens is 2. The second kappa shape index (κ2) is 5.93. The summed E-state index contributed by atoms with van der Waals surface area (Å²) in [6.45, 7) is 0.0357. The van der Waals surface area contributed by atoms with Crippen LogP contribution in [-0.4, -0.2) is 26.1 Å². The molecule has 1 atom stereocenters. The molecule has 0 bridgehead atoms. The van der Waals surface area contributed by atoms with Crippen LogP contribution in [0.15, 0.2) is 27.6 Å². The van der Waals surface area contributed by atoms with Gasteiger partial charge in [0, 0.05) is 33.0 Å². The van der Waals surface area contributed by atoms with Gasteiger partial charge in [-0.1, -0.05) is 0 Å². The normalized spacial score (nSPS) is 19.1. The fourth-order valence-electron chi connectivity index (χ4n) is 1.92. The predicted molar refractivity (Wildman–Crippen MR) is 81.1 cm³/mol. The van der Waals surface area contributed by atoms with Gasteiger partial charge in [-0.15, -0.1) is 0 Å². The van der Waals surface area contributed by atoms with Crippen molar-refractivity contribution in [2.75, 3.05) is 11.4 Å². The maximum Gasteiger partial charge on any atom is 0.237 e. The number of nitriles is 1. The number of thiocyanates is 1. The summed E-state index contributed by atoms with van der Waals surface area (Å²) in [4.78, 5) is 14.0. The molecular formula is C11H8BrClN2O3S2. The second-order valence-corrected chi connectivity index (χ2v) is 8.73. The minimum atomic E-state index is -3.76. The molecule has 1 aliphatic rings. The van der Waals surface area contributed by atoms with Gasteiger partial charge >= 0.3 is 0 Å². The third-order valence-corrected chi connectivity index (χ3v) is 5.95. The molecule has 0 aliphatic carbocycles. The summed E-state index contributed by atoms with van der Waals surface area (Å²) in [5, 5.41) is 9.67. The highest BCUT2D eigenvalue weighted by Crippen LogP contribution is 2.34. The molecule has 5 nitrogen and oxygen atoms in total. The fourth-order valence-corrected chi connectivity index (χ4v) is 4.11. The average molecular weight is 396 g/mol. The first-order valence-corrected chi connectivity index (χ1v) is 9.40. The lowest BCUT2D eigenvalue weighted by Crippen LogP contribution is -2.27. The summed E-state index contributed by atoms with van der Waals surface area (Å²) in [5.41, 5.74) is 0.570. The van der Waals surface area contributed by atoms with Gasteiger partial charge in [0.05, 0.1) is 5.69 Å². The maximum absolute atomic E-state index is 11.9. The Kier molecular flexibility index (Phi) is 4.64. The lowest BCUT2D eigenvalue weighted by Gasteiger charge is -2.18. The van der Waals surface area contributed by atoms with Crippen molar-refractivity contribution in [1.29, 1.82) is 5.26 Å². The van der Waals surface area contributed by atoms with Crippen molar-refractivity contribution in [1.82, 2.24) is 0 Å². The molecule has 1 aromatic carbocycles. The lowest BCUT2D eigenvalue weighted by atomic mass is 10.3. The van der Waals surface area contributed by atoms with Crippen molar-refractivity contribution < 1.29 is 13.2 Å². The number of carbonyl (C=O) groups excluding carboxylic acids is 1. The summed E-state index contributed by atoms with van der Waals surface area (Å²) in [5.74, 6) is -0.291. The third-order valence-electron chi connectivity index (χ3n) is 2.86. The number of carbonyl (C=O) groups is 1. The highest BCUT2D eigenvalue weighted by atomic mass is 79.9. The molecule has 20 heavy (non-hydrogen) atoms. The number of anilines is 1. The first kappa shape index (κ1) is 15.6. The number of hydrogen-bond acceptors (Lipinski definition) is 5. The Bertz CT molecular complexity index is 702. The number of hydrogen-bond donors (Lipinski definition) is 0. The topological polar surface area (TPSA) is 78.2 Å². The molecule has 2 rings (SSSR count). The Morgan fingerprint density at radius 2 is 2.20 bits per heavy atom. The van der Waals surface area contributed by atoms with Crippen molar-refractivity contribution in [3.8, 4) is 5.40 Å². The van der Waals surface area contributed by atoms with Crippen LogP contribution in [0.5, 0.6) is 0 Å². The molecule has 0 saturated carbocycles. The first-order valence-electron chi connectivity index (χ1n) is 5.42. The summed E-state index contributed by atoms with van der Waals surface area (Å²) in [6, 6.07) is 5.08. The summed E-state index contributed by atoms with van der Waals surface area (Å²) < 4.78 is 23.3. The van der Waals surface area contributed by atoms with Crippen LogP contribution >= 0.6 is 38.4 Å². The van der Waals surface area contributed by atoms with E-state index in [2.05, 4.69) is 15.9 Å². The van der Waals surface area contributed by atoms with Gasteiger partial charge in [0.25, 0.3) is 0 Å². The molecule has 1 saturated heterocycles. The third kappa shape index (κ3) is 3.28. The van der Waals surface area contributed by atoms with E-state index in [9.17, 15) is 13.2 Å². The van der Waals surface area contributed by atoms with Crippen molar-refractivity contribution >= 4 is 59.0 Å². The maximum atomic E-state index is 11.9. The van der Waals surface area contributed by atoms with Crippen LogP contribution in [-0.2, 0) is 13.8 Å². The van der Waals surface area contributed by atoms with E-state index >= 15 is 0 Å². The molecule has 1 fully saturated rings. The van der Waals surface area contributed by atoms with Gasteiger partial charge < -0.3 is 4.90 Å². The minimum Gasteiger partial charge on any atom is -0.310 e. The highest BCUT2D eigenvalue weighted by Gasteiger charge is 2.38. The summed E-state index contributed by atoms with van der Waals surface area (Å²) in [6.07, 6.45) is -0.118. The lowest BCUT2D eigenvalue weighted by molar-refractivity contribution is -0.117. The Morgan fingerprint density at radius 3 is 2.70 bits per heavy atom. The molecule has 1 heterocycles. The van der Waals surface area contributed by atoms with Crippen molar-refractivity contribution in [2.24, 2.45) is 0 Å². The van der Waals surface area contributed by atoms with E-state index < -0.39 is 14.3 Å². The summed E-state index contributed by atoms with van der Waals surface area (Å²) >= 11 is 4.33. The summed E-state index contributed by atoms with van der Waals surface area (Å²) in [7, 11) is 1.55. The van der Waals surface area contributed by atoms with Gasteiger partial charge in [-0.2, -0.15) is 5.26 Å². The van der Waals surface area contributed by atoms with Gasteiger partial charge in [-0.25, -0.2) is 8.42 Å². The number of rotatable bonds is 3. The fraction of sp³-hybridized carbons (Fsp3) is 0.273. The predicted octanol–water partition coefficient (Wildman–Crippen LogP) is 2.70. The zero-order chi connectivity index (χ0) is 14.9. The van der Waals surface area contributed by atoms with Gasteiger partial charge in [-0.3, -0.25) is 4.79 Å². The molecule has 1 amide bonds. The van der Waals surface area contributed by atoms with E-state index in [1.165, 1.54) is 4.90 Å². The molecule has 106 valence electrons. The van der Waals surface area contributed by atoms with E-state index in [0.717, 1.165) is 16.7 Å². The van der Waals surface area contributed by atoms with Crippen LogP contribution in [0.2, 0.25) is 0 Å². The molecule has 0 spiro atoms. The van der Waals surface area contributed by atoms with Gasteiger partial charge in [-0.05, 0) is 45.9 Å². The van der Waals surface area contributed by atoms with Crippen LogP contribution in [0.3, 0.4) is 0 Å². The number of amides is 1. The standard InChI is InChI=1S/C11H8BrClN2O3S2/c12-9-3-7(19-6-14)1-2-10(9)15-5-8(4-11(15)16)20(13,17)18/h1-3,8H,4-5H2. The molecule has 1 aromatic rings. The Labute approximate surface area is 133 Å². The van der Waals surface area contributed by atoms with Gasteiger partial charge in [0.1, 0.15) is 10.7 Å². The van der Waals surface area contributed by atoms with Crippen molar-refractivity contribution in [3.05, 3.63) is 22.7 Å². The van der Waals surface area contributed by atoms with Crippen LogP contribution in [0, 0.1) is 10.7 Å². The van der Waals surface area contributed by atoms with Crippen LogP contribution < -0.4 is 4.90 Å². The van der Waals surface area contributed by atoms with Crippen molar-refractivity contribution in [2.45, 2.75) is 16.6 Å². The Morgan fingerprint density at radius 1 is 1.50 bits per heavy atom. The van der Waals surface area contributed by atoms with Crippen molar-refractivity contribution in [3.63, 3.8) is 0 Å². The van der Waals surface area contributed by atoms with Crippen LogP contribution in [0.1, 0.15) is 6.42 Å². The Hall–Kier alpha value is -0.750. The number of thioether (sulfide) groups is 1. The Balaban J connectivity index is 2.29. The van der Waals surface area contributed by atoms with E-state index in [-0.39, 0.29) is 18.9 Å². The average Bonchev–Trinajstić information content (AvgIpc) is 2.72. The molecule has 0 radical (unpaired) electrons. The van der Waals surface area contributed by atoms with Crippen LogP contribution in [0.4, 0.5) is 5.69 Å². The molecule has 1 unspecified atom stereocenters. The molecule has 0 aromatic heterocycles. The quantitative estimate of drug-likeness (QED) is 0.447. The second-order valence-electron chi connectivity index (χ2n) is 4.11. The van der Waals surface area contributed by atoms with Gasteiger partial charge in [0.2, 0.25) is 15.0 Å². The zero-order valence-corrected chi connectivity index (χ0v) is 13.9. The smallest absolute Gasteiger partial charge is 0.237 e. The molecule has 1 aliphatic heterocycles. The van der Waals surface area contributed by atoms with Crippen LogP contribution in [0.25, 0.3) is 0 Å². The van der Waals surface area contributed by atoms with E-state index in [0.29, 0.717) is 10.2 Å². The largest absolute Gasteiger partial charge is 0.310 e. The minimum absolute atomic E-state index is 0.0357. The molecule has 9 heteroatoms. The van der Waals surface area contributed by atoms with E-state index in [1.807, 2.05) is 5.40 Å². The van der Waals surface area contributed by atoms with Gasteiger partial charge in [0.15, 0.2) is 0 Å². The monoisotopic (exact) mass is 394 g/mol. The SMILES string of the molecule is N#CSc1ccc(N2CC(S(=O)(=O)Cl)CC2=O)c(Br)c1. The zero-order valence-electron chi connectivity index (χ0n) is 9.92. The van der Waals surface area contributed by atoms with E-state index in [4.69, 9.17) is 15.9 Å². The highest BCUT2D eigenvalue weighted by molar-refractivity contribution is 9.10. The molecule has 0 N–H and O–H groups in total. The number of benzene rings is 1.